The van der Waals surface area contributed by atoms with Crippen LogP contribution in [0.15, 0.2) is 42.6 Å². The van der Waals surface area contributed by atoms with Gasteiger partial charge in [0.15, 0.2) is 6.29 Å². The summed E-state index contributed by atoms with van der Waals surface area (Å²) in [5.74, 6) is 0. The Balaban J connectivity index is 2.26. The number of carbonyl (C=O) groups is 1. The van der Waals surface area contributed by atoms with Crippen molar-refractivity contribution in [3.63, 3.8) is 0 Å². The fraction of sp³-hybridized carbons (Fsp3) is 0.0769. The molecule has 1 aromatic heterocycles. The predicted octanol–water partition coefficient (Wildman–Crippen LogP) is 3.32. The van der Waals surface area contributed by atoms with Gasteiger partial charge in [-0.2, -0.15) is 0 Å². The van der Waals surface area contributed by atoms with Crippen molar-refractivity contribution in [1.82, 2.24) is 4.98 Å². The van der Waals surface area contributed by atoms with Gasteiger partial charge < -0.3 is 4.90 Å². The number of nitrogens with zero attached hydrogens (tertiary/aromatic N) is 2. The highest BCUT2D eigenvalue weighted by atomic mass is 35.5. The second kappa shape index (κ2) is 4.97. The molecular formula is C13H11ClN2O. The van der Waals surface area contributed by atoms with Crippen LogP contribution in [0.25, 0.3) is 0 Å². The van der Waals surface area contributed by atoms with Crippen LogP contribution in [0.1, 0.15) is 10.5 Å². The largest absolute Gasteiger partial charge is 0.343 e. The zero-order valence-electron chi connectivity index (χ0n) is 9.30. The maximum Gasteiger partial charge on any atom is 0.168 e. The van der Waals surface area contributed by atoms with Crippen LogP contribution >= 0.6 is 11.6 Å². The second-order valence-electron chi connectivity index (χ2n) is 3.59. The van der Waals surface area contributed by atoms with E-state index in [4.69, 9.17) is 11.6 Å². The molecule has 0 unspecified atom stereocenters. The van der Waals surface area contributed by atoms with E-state index < -0.39 is 0 Å². The predicted molar refractivity (Wildman–Crippen MR) is 69.1 cm³/mol. The van der Waals surface area contributed by atoms with Crippen molar-refractivity contribution in [1.29, 1.82) is 0 Å². The van der Waals surface area contributed by atoms with Crippen LogP contribution in [0.4, 0.5) is 11.4 Å². The van der Waals surface area contributed by atoms with Crippen molar-refractivity contribution >= 4 is 29.3 Å². The minimum Gasteiger partial charge on any atom is -0.343 e. The van der Waals surface area contributed by atoms with Crippen LogP contribution in [0, 0.1) is 0 Å². The number of carbonyl (C=O) groups excluding carboxylic acids is 1. The molecule has 0 radical (unpaired) electrons. The first-order valence-electron chi connectivity index (χ1n) is 5.11. The minimum atomic E-state index is 0.429. The molecule has 2 rings (SSSR count). The quantitative estimate of drug-likeness (QED) is 0.779. The van der Waals surface area contributed by atoms with E-state index in [9.17, 15) is 4.79 Å². The second-order valence-corrected chi connectivity index (χ2v) is 4.03. The molecule has 0 saturated heterocycles. The molecule has 3 nitrogen and oxygen atoms in total. The molecule has 0 atom stereocenters. The molecular weight excluding hydrogens is 236 g/mol. The Morgan fingerprint density at radius 3 is 2.29 bits per heavy atom. The van der Waals surface area contributed by atoms with Crippen LogP contribution in [-0.2, 0) is 0 Å². The van der Waals surface area contributed by atoms with Crippen molar-refractivity contribution in [2.75, 3.05) is 11.9 Å². The summed E-state index contributed by atoms with van der Waals surface area (Å²) in [6.07, 6.45) is 2.39. The van der Waals surface area contributed by atoms with Gasteiger partial charge in [0.2, 0.25) is 0 Å². The van der Waals surface area contributed by atoms with Gasteiger partial charge in [0.25, 0.3) is 0 Å². The number of benzene rings is 1. The normalized spacial score (nSPS) is 10.0. The number of hydrogen-bond donors (Lipinski definition) is 0. The van der Waals surface area contributed by atoms with E-state index in [1.54, 1.807) is 12.3 Å². The summed E-state index contributed by atoms with van der Waals surface area (Å²) in [5, 5.41) is 0.705. The van der Waals surface area contributed by atoms with Gasteiger partial charge in [-0.05, 0) is 36.4 Å². The molecule has 0 spiro atoms. The van der Waals surface area contributed by atoms with E-state index in [2.05, 4.69) is 4.98 Å². The maximum absolute atomic E-state index is 10.5. The maximum atomic E-state index is 10.5. The minimum absolute atomic E-state index is 0.429. The van der Waals surface area contributed by atoms with Gasteiger partial charge in [-0.25, -0.2) is 0 Å². The number of halogens is 1. The third kappa shape index (κ3) is 2.63. The molecule has 17 heavy (non-hydrogen) atoms. The van der Waals surface area contributed by atoms with Gasteiger partial charge >= 0.3 is 0 Å². The number of anilines is 2. The summed E-state index contributed by atoms with van der Waals surface area (Å²) >= 11 is 5.83. The van der Waals surface area contributed by atoms with E-state index in [-0.39, 0.29) is 0 Å². The van der Waals surface area contributed by atoms with Gasteiger partial charge in [0.05, 0.1) is 11.9 Å². The fourth-order valence-corrected chi connectivity index (χ4v) is 1.61. The SMILES string of the molecule is CN(c1ccc(Cl)cc1)c1ccc(C=O)nc1. The fourth-order valence-electron chi connectivity index (χ4n) is 1.48. The number of aldehydes is 1. The highest BCUT2D eigenvalue weighted by molar-refractivity contribution is 6.30. The number of hydrogen-bond acceptors (Lipinski definition) is 3. The topological polar surface area (TPSA) is 33.2 Å². The molecule has 1 aromatic carbocycles. The third-order valence-electron chi connectivity index (χ3n) is 2.49. The lowest BCUT2D eigenvalue weighted by molar-refractivity contribution is 0.111. The van der Waals surface area contributed by atoms with Crippen LogP contribution in [-0.4, -0.2) is 18.3 Å². The van der Waals surface area contributed by atoms with Gasteiger partial charge in [-0.15, -0.1) is 0 Å². The molecule has 0 saturated carbocycles. The van der Waals surface area contributed by atoms with Crippen molar-refractivity contribution in [2.24, 2.45) is 0 Å². The van der Waals surface area contributed by atoms with Crippen molar-refractivity contribution in [3.8, 4) is 0 Å². The third-order valence-corrected chi connectivity index (χ3v) is 2.74. The molecule has 0 N–H and O–H groups in total. The zero-order chi connectivity index (χ0) is 12.3. The molecule has 2 aromatic rings. The molecule has 0 aliphatic rings. The van der Waals surface area contributed by atoms with Crippen LogP contribution in [0.3, 0.4) is 0 Å². The highest BCUT2D eigenvalue weighted by Gasteiger charge is 2.04. The van der Waals surface area contributed by atoms with E-state index in [1.807, 2.05) is 42.3 Å². The summed E-state index contributed by atoms with van der Waals surface area (Å²) in [6, 6.07) is 11.1. The average Bonchev–Trinajstić information content (AvgIpc) is 2.39. The van der Waals surface area contributed by atoms with Crippen LogP contribution < -0.4 is 4.90 Å². The number of pyridine rings is 1. The molecule has 0 amide bonds. The lowest BCUT2D eigenvalue weighted by Crippen LogP contribution is -2.09. The molecule has 1 heterocycles. The average molecular weight is 247 g/mol. The van der Waals surface area contributed by atoms with E-state index in [1.165, 1.54) is 0 Å². The van der Waals surface area contributed by atoms with E-state index in [0.717, 1.165) is 17.7 Å². The number of aromatic nitrogens is 1. The Labute approximate surface area is 105 Å². The summed E-state index contributed by atoms with van der Waals surface area (Å²) < 4.78 is 0. The first-order chi connectivity index (χ1) is 8.20. The molecule has 0 aliphatic heterocycles. The lowest BCUT2D eigenvalue weighted by Gasteiger charge is -2.19. The zero-order valence-corrected chi connectivity index (χ0v) is 10.1. The lowest BCUT2D eigenvalue weighted by atomic mass is 10.2. The summed E-state index contributed by atoms with van der Waals surface area (Å²) in [6.45, 7) is 0. The van der Waals surface area contributed by atoms with E-state index >= 15 is 0 Å². The Bertz CT molecular complexity index is 508. The van der Waals surface area contributed by atoms with Crippen molar-refractivity contribution in [3.05, 3.63) is 53.3 Å². The summed E-state index contributed by atoms with van der Waals surface area (Å²) in [4.78, 5) is 16.5. The first-order valence-corrected chi connectivity index (χ1v) is 5.49. The molecule has 0 aliphatic carbocycles. The Hall–Kier alpha value is -1.87. The van der Waals surface area contributed by atoms with Crippen molar-refractivity contribution < 1.29 is 4.79 Å². The number of rotatable bonds is 3. The highest BCUT2D eigenvalue weighted by Crippen LogP contribution is 2.24. The first kappa shape index (κ1) is 11.6. The molecule has 0 fully saturated rings. The van der Waals surface area contributed by atoms with Gasteiger partial charge in [-0.3, -0.25) is 9.78 Å². The van der Waals surface area contributed by atoms with Crippen LogP contribution in [0.5, 0.6) is 0 Å². The molecule has 86 valence electrons. The standard InChI is InChI=1S/C13H11ClN2O/c1-16(12-5-2-10(14)3-6-12)13-7-4-11(9-17)15-8-13/h2-9H,1H3. The Morgan fingerprint density at radius 2 is 1.76 bits per heavy atom. The Morgan fingerprint density at radius 1 is 1.12 bits per heavy atom. The van der Waals surface area contributed by atoms with Gasteiger partial charge in [0.1, 0.15) is 5.69 Å². The molecule has 4 heteroatoms. The van der Waals surface area contributed by atoms with E-state index in [0.29, 0.717) is 10.7 Å². The van der Waals surface area contributed by atoms with Crippen LogP contribution in [0.2, 0.25) is 5.02 Å². The molecule has 0 bridgehead atoms. The summed E-state index contributed by atoms with van der Waals surface area (Å²) in [7, 11) is 1.93. The van der Waals surface area contributed by atoms with Gasteiger partial charge in [0, 0.05) is 17.8 Å². The Kier molecular flexibility index (Phi) is 3.40. The monoisotopic (exact) mass is 246 g/mol. The summed E-state index contributed by atoms with van der Waals surface area (Å²) in [5.41, 5.74) is 2.35. The van der Waals surface area contributed by atoms with Crippen molar-refractivity contribution in [2.45, 2.75) is 0 Å². The van der Waals surface area contributed by atoms with Gasteiger partial charge in [-0.1, -0.05) is 11.6 Å². The smallest absolute Gasteiger partial charge is 0.168 e.